The van der Waals surface area contributed by atoms with Crippen molar-refractivity contribution in [1.29, 1.82) is 0 Å². The van der Waals surface area contributed by atoms with E-state index in [9.17, 15) is 9.90 Å². The summed E-state index contributed by atoms with van der Waals surface area (Å²) in [6.45, 7) is 2.51. The van der Waals surface area contributed by atoms with Crippen LogP contribution in [0.3, 0.4) is 0 Å². The van der Waals surface area contributed by atoms with Crippen LogP contribution in [0.25, 0.3) is 10.9 Å². The third kappa shape index (κ3) is 4.50. The van der Waals surface area contributed by atoms with E-state index in [1.807, 2.05) is 36.5 Å². The van der Waals surface area contributed by atoms with E-state index in [0.717, 1.165) is 28.5 Å². The number of hydrogen-bond donors (Lipinski definition) is 4. The first-order chi connectivity index (χ1) is 13.0. The molecule has 0 saturated heterocycles. The zero-order valence-corrected chi connectivity index (χ0v) is 16.2. The minimum atomic E-state index is -0.617. The van der Waals surface area contributed by atoms with Crippen molar-refractivity contribution in [2.24, 2.45) is 0 Å². The molecule has 0 aliphatic heterocycles. The van der Waals surface area contributed by atoms with Crippen LogP contribution in [0.4, 0.5) is 0 Å². The number of halogens is 1. The highest BCUT2D eigenvalue weighted by molar-refractivity contribution is 6.30. The quantitative estimate of drug-likeness (QED) is 0.503. The lowest BCUT2D eigenvalue weighted by atomic mass is 10.0. The average molecular weight is 386 g/mol. The number of carbonyl (C=O) groups is 1. The molecular weight excluding hydrogens is 362 g/mol. The standard InChI is InChI=1S/C21H24ClN3O2/c1-13(24-12-19(26)14-5-3-6-16(22)10-14)9-15-11-25-20-17(15)7-4-8-18(20)21(27)23-2/h3-8,10-11,13,19,24-26H,9,12H2,1-2H3,(H,23,27)/t13-,19+/m1/s1. The Morgan fingerprint density at radius 2 is 2.04 bits per heavy atom. The maximum atomic E-state index is 12.0. The van der Waals surface area contributed by atoms with Gasteiger partial charge in [-0.1, -0.05) is 35.9 Å². The molecule has 0 aliphatic rings. The maximum Gasteiger partial charge on any atom is 0.253 e. The van der Waals surface area contributed by atoms with E-state index in [2.05, 4.69) is 22.5 Å². The largest absolute Gasteiger partial charge is 0.387 e. The van der Waals surface area contributed by atoms with Crippen molar-refractivity contribution in [2.75, 3.05) is 13.6 Å². The Morgan fingerprint density at radius 3 is 2.78 bits per heavy atom. The van der Waals surface area contributed by atoms with Crippen LogP contribution < -0.4 is 10.6 Å². The van der Waals surface area contributed by atoms with Gasteiger partial charge in [-0.15, -0.1) is 0 Å². The van der Waals surface area contributed by atoms with Gasteiger partial charge in [0.1, 0.15) is 0 Å². The molecule has 0 spiro atoms. The number of carbonyl (C=O) groups excluding carboxylic acids is 1. The lowest BCUT2D eigenvalue weighted by molar-refractivity contribution is 0.0964. The number of aromatic amines is 1. The van der Waals surface area contributed by atoms with Crippen LogP contribution in [0.1, 0.15) is 34.5 Å². The monoisotopic (exact) mass is 385 g/mol. The number of rotatable bonds is 7. The number of aliphatic hydroxyl groups excluding tert-OH is 1. The summed E-state index contributed by atoms with van der Waals surface area (Å²) in [6.07, 6.45) is 2.11. The molecule has 4 N–H and O–H groups in total. The molecule has 0 aliphatic carbocycles. The summed E-state index contributed by atoms with van der Waals surface area (Å²) in [6, 6.07) is 13.1. The van der Waals surface area contributed by atoms with E-state index in [1.165, 1.54) is 0 Å². The Morgan fingerprint density at radius 1 is 1.26 bits per heavy atom. The lowest BCUT2D eigenvalue weighted by Gasteiger charge is -2.17. The van der Waals surface area contributed by atoms with Crippen molar-refractivity contribution in [2.45, 2.75) is 25.5 Å². The number of amides is 1. The van der Waals surface area contributed by atoms with Gasteiger partial charge in [-0.25, -0.2) is 0 Å². The van der Waals surface area contributed by atoms with Crippen LogP contribution in [-0.4, -0.2) is 35.6 Å². The van der Waals surface area contributed by atoms with Crippen LogP contribution in [-0.2, 0) is 6.42 Å². The molecule has 0 unspecified atom stereocenters. The summed E-state index contributed by atoms with van der Waals surface area (Å²) in [4.78, 5) is 15.2. The predicted octanol–water partition coefficient (Wildman–Crippen LogP) is 3.44. The summed E-state index contributed by atoms with van der Waals surface area (Å²) < 4.78 is 0. The fourth-order valence-corrected chi connectivity index (χ4v) is 3.45. The molecule has 0 bridgehead atoms. The van der Waals surface area contributed by atoms with Crippen molar-refractivity contribution < 1.29 is 9.90 Å². The molecule has 27 heavy (non-hydrogen) atoms. The second kappa shape index (κ2) is 8.57. The summed E-state index contributed by atoms with van der Waals surface area (Å²) in [5.74, 6) is -0.107. The second-order valence-electron chi connectivity index (χ2n) is 6.71. The Kier molecular flexibility index (Phi) is 6.16. The summed E-state index contributed by atoms with van der Waals surface area (Å²) in [5.41, 5.74) is 3.41. The minimum Gasteiger partial charge on any atom is -0.387 e. The smallest absolute Gasteiger partial charge is 0.253 e. The summed E-state index contributed by atoms with van der Waals surface area (Å²) >= 11 is 5.98. The van der Waals surface area contributed by atoms with Crippen molar-refractivity contribution in [1.82, 2.24) is 15.6 Å². The fourth-order valence-electron chi connectivity index (χ4n) is 3.25. The van der Waals surface area contributed by atoms with Crippen molar-refractivity contribution in [3.8, 4) is 0 Å². The third-order valence-corrected chi connectivity index (χ3v) is 4.93. The molecule has 0 radical (unpaired) electrons. The van der Waals surface area contributed by atoms with E-state index < -0.39 is 6.10 Å². The number of benzene rings is 2. The first-order valence-electron chi connectivity index (χ1n) is 8.97. The second-order valence-corrected chi connectivity index (χ2v) is 7.14. The topological polar surface area (TPSA) is 77.2 Å². The number of aliphatic hydroxyl groups is 1. The molecule has 1 amide bonds. The number of nitrogens with one attached hydrogen (secondary N) is 3. The molecule has 1 aromatic heterocycles. The van der Waals surface area contributed by atoms with E-state index in [1.54, 1.807) is 19.2 Å². The van der Waals surface area contributed by atoms with E-state index in [4.69, 9.17) is 11.6 Å². The molecule has 6 heteroatoms. The maximum absolute atomic E-state index is 12.0. The van der Waals surface area contributed by atoms with Gasteiger partial charge in [-0.05, 0) is 42.7 Å². The number of para-hydroxylation sites is 1. The van der Waals surface area contributed by atoms with Gasteiger partial charge in [0.2, 0.25) is 0 Å². The molecular formula is C21H24ClN3O2. The zero-order chi connectivity index (χ0) is 19.4. The molecule has 1 heterocycles. The minimum absolute atomic E-state index is 0.107. The molecule has 3 aromatic rings. The van der Waals surface area contributed by atoms with Gasteiger partial charge < -0.3 is 20.7 Å². The molecule has 142 valence electrons. The normalized spacial score (nSPS) is 13.5. The lowest BCUT2D eigenvalue weighted by Crippen LogP contribution is -2.32. The van der Waals surface area contributed by atoms with Gasteiger partial charge in [0.15, 0.2) is 0 Å². The first kappa shape index (κ1) is 19.4. The molecule has 2 atom stereocenters. The van der Waals surface area contributed by atoms with Gasteiger partial charge in [-0.3, -0.25) is 4.79 Å². The average Bonchev–Trinajstić information content (AvgIpc) is 3.08. The number of aromatic nitrogens is 1. The van der Waals surface area contributed by atoms with Gasteiger partial charge in [-0.2, -0.15) is 0 Å². The molecule has 3 rings (SSSR count). The van der Waals surface area contributed by atoms with E-state index in [-0.39, 0.29) is 11.9 Å². The van der Waals surface area contributed by atoms with E-state index >= 15 is 0 Å². The van der Waals surface area contributed by atoms with E-state index in [0.29, 0.717) is 17.1 Å². The van der Waals surface area contributed by atoms with Crippen LogP contribution in [0.5, 0.6) is 0 Å². The number of hydrogen-bond acceptors (Lipinski definition) is 3. The van der Waals surface area contributed by atoms with Gasteiger partial charge >= 0.3 is 0 Å². The van der Waals surface area contributed by atoms with Gasteiger partial charge in [0.25, 0.3) is 5.91 Å². The highest BCUT2D eigenvalue weighted by atomic mass is 35.5. The summed E-state index contributed by atoms with van der Waals surface area (Å²) in [5, 5.41) is 18.0. The van der Waals surface area contributed by atoms with Crippen LogP contribution >= 0.6 is 11.6 Å². The molecule has 0 saturated carbocycles. The molecule has 2 aromatic carbocycles. The number of H-pyrrole nitrogens is 1. The SMILES string of the molecule is CNC(=O)c1cccc2c(C[C@@H](C)NC[C@H](O)c3cccc(Cl)c3)c[nH]c12. The van der Waals surface area contributed by atoms with Crippen molar-refractivity contribution >= 4 is 28.4 Å². The summed E-state index contributed by atoms with van der Waals surface area (Å²) in [7, 11) is 1.63. The highest BCUT2D eigenvalue weighted by Gasteiger charge is 2.15. The van der Waals surface area contributed by atoms with Crippen molar-refractivity contribution in [3.05, 3.63) is 70.4 Å². The molecule has 0 fully saturated rings. The van der Waals surface area contributed by atoms with Crippen LogP contribution in [0.2, 0.25) is 5.02 Å². The van der Waals surface area contributed by atoms with Crippen LogP contribution in [0.15, 0.2) is 48.7 Å². The first-order valence-corrected chi connectivity index (χ1v) is 9.35. The molecule has 5 nitrogen and oxygen atoms in total. The third-order valence-electron chi connectivity index (χ3n) is 4.69. The fraction of sp³-hybridized carbons (Fsp3) is 0.286. The van der Waals surface area contributed by atoms with Gasteiger partial charge in [0.05, 0.1) is 17.2 Å². The number of fused-ring (bicyclic) bond motifs is 1. The zero-order valence-electron chi connectivity index (χ0n) is 15.4. The Balaban J connectivity index is 1.66. The Labute approximate surface area is 163 Å². The highest BCUT2D eigenvalue weighted by Crippen LogP contribution is 2.23. The van der Waals surface area contributed by atoms with Crippen molar-refractivity contribution in [3.63, 3.8) is 0 Å². The Bertz CT molecular complexity index is 938. The van der Waals surface area contributed by atoms with Crippen LogP contribution in [0, 0.1) is 0 Å². The predicted molar refractivity (Wildman–Crippen MR) is 109 cm³/mol. The van der Waals surface area contributed by atoms with Gasteiger partial charge in [0, 0.05) is 36.2 Å². The Hall–Kier alpha value is -2.34.